The first-order valence-electron chi connectivity index (χ1n) is 27.8. The number of para-hydroxylation sites is 4. The third kappa shape index (κ3) is 4.20. The average Bonchev–Trinajstić information content (AvgIpc) is 4.21. The Hall–Kier alpha value is -7.05. The third-order valence-corrected chi connectivity index (χ3v) is 8.05. The van der Waals surface area contributed by atoms with Crippen LogP contribution in [0, 0.1) is 0 Å². The predicted octanol–water partition coefficient (Wildman–Crippen LogP) is 11.8. The Balaban J connectivity index is 1.39. The number of nitrogens with zero attached hydrogens (tertiary/aromatic N) is 4. The number of rotatable bonds is 4. The van der Waals surface area contributed by atoms with Gasteiger partial charge in [0.15, 0.2) is 11.6 Å². The fraction of sp³-hybridized carbons (Fsp3) is 0. The zero-order valence-electron chi connectivity index (χ0n) is 51.1. The minimum Gasteiger partial charge on any atom is -0.455 e. The van der Waals surface area contributed by atoms with Crippen molar-refractivity contribution in [3.05, 3.63) is 157 Å². The van der Waals surface area contributed by atoms with Gasteiger partial charge in [0.1, 0.15) is 22.3 Å². The Labute approximate surface area is 327 Å². The molecule has 0 bridgehead atoms. The van der Waals surface area contributed by atoms with E-state index in [1.54, 1.807) is 0 Å². The maximum atomic E-state index is 9.60. The highest BCUT2D eigenvalue weighted by Gasteiger charge is 2.23. The lowest BCUT2D eigenvalue weighted by atomic mass is 10.0. The van der Waals surface area contributed by atoms with Gasteiger partial charge < -0.3 is 8.83 Å². The molecule has 11 aromatic rings. The van der Waals surface area contributed by atoms with Gasteiger partial charge in [-0.2, -0.15) is 9.97 Å². The van der Waals surface area contributed by atoms with Crippen LogP contribution >= 0.6 is 0 Å². The van der Waals surface area contributed by atoms with Crippen molar-refractivity contribution in [1.82, 2.24) is 19.5 Å². The lowest BCUT2D eigenvalue weighted by molar-refractivity contribution is 0.669. The molecule has 4 aromatic heterocycles. The summed E-state index contributed by atoms with van der Waals surface area (Å²) in [6.45, 7) is 0. The van der Waals surface area contributed by atoms with Gasteiger partial charge in [-0.15, -0.1) is 0 Å². The Morgan fingerprint density at radius 1 is 0.431 bits per heavy atom. The van der Waals surface area contributed by atoms with E-state index < -0.39 is 252 Å². The molecule has 238 valence electrons. The molecule has 0 atom stereocenters. The highest BCUT2D eigenvalue weighted by Crippen LogP contribution is 2.41. The van der Waals surface area contributed by atoms with Crippen LogP contribution in [0.4, 0.5) is 0 Å². The number of hydrogen-bond acceptors (Lipinski definition) is 5. The van der Waals surface area contributed by atoms with Gasteiger partial charge in [-0.3, -0.25) is 4.57 Å². The average molecular weight is 681 g/mol. The largest absolute Gasteiger partial charge is 0.455 e. The third-order valence-electron chi connectivity index (χ3n) is 8.05. The van der Waals surface area contributed by atoms with E-state index in [4.69, 9.17) is 34.9 Å². The van der Waals surface area contributed by atoms with Gasteiger partial charge in [0.25, 0.3) is 0 Å². The second kappa shape index (κ2) is 10.7. The summed E-state index contributed by atoms with van der Waals surface area (Å²) in [5.74, 6) is -2.62. The second-order valence-electron chi connectivity index (χ2n) is 10.8. The van der Waals surface area contributed by atoms with E-state index in [0.29, 0.717) is 0 Å². The maximum absolute atomic E-state index is 9.60. The molecule has 0 amide bonds. The predicted molar refractivity (Wildman–Crippen MR) is 205 cm³/mol. The van der Waals surface area contributed by atoms with Gasteiger partial charge in [-0.1, -0.05) is 115 Å². The molecule has 0 radical (unpaired) electrons. The van der Waals surface area contributed by atoms with Crippen LogP contribution in [0.5, 0.6) is 0 Å². The molecule has 0 unspecified atom stereocenters. The standard InChI is InChI=1S/C45H26N4O2/c1-2-12-27(13-3-1)28-14-10-15-29(26-28)43-46-44(35-20-11-19-32-30-16-5-8-22-38(30)50-41(32)35)48-45(47-43)49-36-21-7-4-18-34(36)40-37(49)25-24-33-31-17-6-9-23-39(31)51-42(33)40/h1-26H/i1D,2D,3D,4D,5D,6D,7D,8D,9D,10D,11D,12D,13D,14D,15D,16D,17D,18D,19D,20D,21D,22D,23D,24D,25D,26D. The van der Waals surface area contributed by atoms with E-state index in [1.807, 2.05) is 0 Å². The first kappa shape index (κ1) is 12.7. The first-order valence-corrected chi connectivity index (χ1v) is 14.8. The minimum absolute atomic E-state index is 0.355. The summed E-state index contributed by atoms with van der Waals surface area (Å²) >= 11 is 0. The highest BCUT2D eigenvalue weighted by molar-refractivity contribution is 6.23. The molecule has 0 saturated carbocycles. The topological polar surface area (TPSA) is 69.9 Å². The monoisotopic (exact) mass is 680 g/mol. The SMILES string of the molecule is [2H]c1c([2H])c([2H])c(-c2c([2H])c([2H])c([2H])c(-c3nc(-c4c([2H])c([2H])c([2H])c5c4oc4c([2H])c([2H])c([2H])c([2H])c45)nc(-n4c5c([2H])c([2H])c([2H])c([2H])c5c5c6oc7c([2H])c([2H])c([2H])c([2H])c7c6c([2H])c([2H])c54)n3)c2[2H])c([2H])c1[2H]. The van der Waals surface area contributed by atoms with Gasteiger partial charge >= 0.3 is 0 Å². The Bertz CT molecular complexity index is 4630. The van der Waals surface area contributed by atoms with Crippen molar-refractivity contribution in [1.29, 1.82) is 0 Å². The molecule has 11 rings (SSSR count). The van der Waals surface area contributed by atoms with Crippen molar-refractivity contribution >= 4 is 65.7 Å². The van der Waals surface area contributed by atoms with Crippen LogP contribution in [0.3, 0.4) is 0 Å². The zero-order valence-corrected chi connectivity index (χ0v) is 25.1. The van der Waals surface area contributed by atoms with Crippen molar-refractivity contribution < 1.29 is 44.5 Å². The summed E-state index contributed by atoms with van der Waals surface area (Å²) in [5.41, 5.74) is -6.33. The van der Waals surface area contributed by atoms with Gasteiger partial charge in [-0.25, -0.2) is 4.98 Å². The van der Waals surface area contributed by atoms with E-state index in [9.17, 15) is 9.60 Å². The molecular formula is C45H26N4O2. The molecule has 0 spiro atoms. The highest BCUT2D eigenvalue weighted by atomic mass is 16.3. The fourth-order valence-electron chi connectivity index (χ4n) is 5.90. The van der Waals surface area contributed by atoms with Gasteiger partial charge in [0.2, 0.25) is 5.95 Å². The van der Waals surface area contributed by atoms with Gasteiger partial charge in [-0.05, 0) is 53.4 Å². The van der Waals surface area contributed by atoms with Crippen LogP contribution in [-0.2, 0) is 0 Å². The van der Waals surface area contributed by atoms with Crippen LogP contribution in [0.25, 0.3) is 106 Å². The Morgan fingerprint density at radius 3 is 1.86 bits per heavy atom. The summed E-state index contributed by atoms with van der Waals surface area (Å²) < 4.78 is 243. The van der Waals surface area contributed by atoms with Crippen molar-refractivity contribution in [2.75, 3.05) is 0 Å². The molecule has 0 aliphatic carbocycles. The molecule has 0 saturated heterocycles. The molecule has 0 N–H and O–H groups in total. The van der Waals surface area contributed by atoms with Gasteiger partial charge in [0, 0.05) is 32.5 Å². The lowest BCUT2D eigenvalue weighted by Crippen LogP contribution is -2.06. The Morgan fingerprint density at radius 2 is 1.04 bits per heavy atom. The van der Waals surface area contributed by atoms with Crippen LogP contribution < -0.4 is 0 Å². The van der Waals surface area contributed by atoms with Crippen molar-refractivity contribution in [3.63, 3.8) is 0 Å². The fourth-order valence-corrected chi connectivity index (χ4v) is 5.90. The van der Waals surface area contributed by atoms with E-state index in [0.717, 1.165) is 4.57 Å². The summed E-state index contributed by atoms with van der Waals surface area (Å²) in [6.07, 6.45) is 0. The van der Waals surface area contributed by atoms with E-state index in [1.165, 1.54) is 0 Å². The quantitative estimate of drug-likeness (QED) is 0.185. The molecule has 0 fully saturated rings. The van der Waals surface area contributed by atoms with Crippen molar-refractivity contribution in [3.8, 4) is 39.9 Å². The van der Waals surface area contributed by atoms with Crippen LogP contribution in [0.2, 0.25) is 0 Å². The number of furan rings is 2. The molecule has 6 heteroatoms. The number of benzene rings is 7. The van der Waals surface area contributed by atoms with E-state index in [2.05, 4.69) is 15.0 Å². The smallest absolute Gasteiger partial charge is 0.238 e. The van der Waals surface area contributed by atoms with Crippen LogP contribution in [0.1, 0.15) is 35.6 Å². The maximum Gasteiger partial charge on any atom is 0.238 e. The number of hydrogen-bond donors (Lipinski definition) is 0. The molecule has 7 aromatic carbocycles. The van der Waals surface area contributed by atoms with Crippen molar-refractivity contribution in [2.24, 2.45) is 0 Å². The normalized spacial score (nSPS) is 19.1. The second-order valence-corrected chi connectivity index (χ2v) is 10.8. The van der Waals surface area contributed by atoms with Gasteiger partial charge in [0.05, 0.1) is 57.6 Å². The summed E-state index contributed by atoms with van der Waals surface area (Å²) in [7, 11) is 0. The molecule has 0 aliphatic heterocycles. The number of fused-ring (bicyclic) bond motifs is 10. The van der Waals surface area contributed by atoms with Crippen LogP contribution in [0.15, 0.2) is 166 Å². The molecular weight excluding hydrogens is 629 g/mol. The first-order chi connectivity index (χ1) is 36.1. The molecule has 4 heterocycles. The molecule has 6 nitrogen and oxygen atoms in total. The minimum atomic E-state index is -1.02. The summed E-state index contributed by atoms with van der Waals surface area (Å²) in [4.78, 5) is 13.6. The molecule has 51 heavy (non-hydrogen) atoms. The lowest BCUT2D eigenvalue weighted by Gasteiger charge is -2.12. The number of aromatic nitrogens is 4. The zero-order chi connectivity index (χ0) is 56.1. The summed E-state index contributed by atoms with van der Waals surface area (Å²) in [6, 6.07) is -21.9. The van der Waals surface area contributed by atoms with Crippen molar-refractivity contribution in [2.45, 2.75) is 0 Å². The molecule has 0 aliphatic rings. The Kier molecular flexibility index (Phi) is 2.67. The van der Waals surface area contributed by atoms with E-state index >= 15 is 0 Å². The van der Waals surface area contributed by atoms with Crippen LogP contribution in [-0.4, -0.2) is 19.5 Å². The summed E-state index contributed by atoms with van der Waals surface area (Å²) in [5, 5.41) is -2.45. The van der Waals surface area contributed by atoms with E-state index in [-0.39, 0.29) is 10.8 Å².